The van der Waals surface area contributed by atoms with Crippen molar-refractivity contribution in [1.82, 2.24) is 20.1 Å². The molecule has 2 aromatic heterocycles. The maximum Gasteiger partial charge on any atom is 0.139 e. The number of nitrogens with zero attached hydrogens (tertiary/aromatic N) is 3. The van der Waals surface area contributed by atoms with Crippen molar-refractivity contribution in [3.63, 3.8) is 0 Å². The first-order valence-electron chi connectivity index (χ1n) is 7.34. The van der Waals surface area contributed by atoms with Crippen molar-refractivity contribution in [3.8, 4) is 5.75 Å². The van der Waals surface area contributed by atoms with E-state index in [1.807, 2.05) is 16.9 Å². The van der Waals surface area contributed by atoms with Crippen LogP contribution in [0.2, 0.25) is 0 Å². The highest BCUT2D eigenvalue weighted by molar-refractivity contribution is 9.10. The zero-order chi connectivity index (χ0) is 15.5. The summed E-state index contributed by atoms with van der Waals surface area (Å²) in [7, 11) is 0. The number of hydrogen-bond acceptors (Lipinski definition) is 5. The molecule has 6 nitrogen and oxygen atoms in total. The minimum absolute atomic E-state index is 0.0189. The highest BCUT2D eigenvalue weighted by atomic mass is 79.9. The van der Waals surface area contributed by atoms with Crippen molar-refractivity contribution in [2.75, 3.05) is 0 Å². The zero-order valence-electron chi connectivity index (χ0n) is 12.1. The fraction of sp³-hybridized carbons (Fsp3) is 0.467. The number of hydrogen-bond donors (Lipinski definition) is 3. The summed E-state index contributed by atoms with van der Waals surface area (Å²) in [6.07, 6.45) is 6.64. The topological polar surface area (TPSA) is 83.2 Å². The van der Waals surface area contributed by atoms with E-state index < -0.39 is 0 Å². The molecular weight excluding hydrogens is 348 g/mol. The molecule has 7 heteroatoms. The molecule has 0 radical (unpaired) electrons. The summed E-state index contributed by atoms with van der Waals surface area (Å²) < 4.78 is 2.65. The molecule has 1 unspecified atom stereocenters. The molecule has 1 aliphatic rings. The number of pyridine rings is 1. The Bertz CT molecular complexity index is 620. The summed E-state index contributed by atoms with van der Waals surface area (Å²) in [5.41, 5.74) is 0.589. The molecule has 1 saturated carbocycles. The Labute approximate surface area is 137 Å². The van der Waals surface area contributed by atoms with Gasteiger partial charge in [0.05, 0.1) is 11.8 Å². The van der Waals surface area contributed by atoms with Crippen LogP contribution in [0.15, 0.2) is 35.2 Å². The van der Waals surface area contributed by atoms with Gasteiger partial charge in [0.2, 0.25) is 0 Å². The van der Waals surface area contributed by atoms with Crippen molar-refractivity contribution < 1.29 is 10.2 Å². The van der Waals surface area contributed by atoms with Gasteiger partial charge in [0.15, 0.2) is 0 Å². The third-order valence-corrected chi connectivity index (χ3v) is 4.51. The summed E-state index contributed by atoms with van der Waals surface area (Å²) >= 11 is 3.27. The molecular formula is C15H19BrN4O2. The summed E-state index contributed by atoms with van der Waals surface area (Å²) in [4.78, 5) is 4.19. The molecule has 2 aromatic rings. The third kappa shape index (κ3) is 3.66. The van der Waals surface area contributed by atoms with Gasteiger partial charge in [0.25, 0.3) is 0 Å². The van der Waals surface area contributed by atoms with Gasteiger partial charge in [0.1, 0.15) is 5.75 Å². The van der Waals surface area contributed by atoms with Gasteiger partial charge in [-0.2, -0.15) is 5.10 Å². The maximum atomic E-state index is 10.2. The van der Waals surface area contributed by atoms with Crippen LogP contribution in [0.25, 0.3) is 0 Å². The Balaban J connectivity index is 1.54. The number of aliphatic hydroxyl groups is 1. The van der Waals surface area contributed by atoms with Crippen LogP contribution in [-0.2, 0) is 13.1 Å². The maximum absolute atomic E-state index is 10.2. The Morgan fingerprint density at radius 2 is 2.27 bits per heavy atom. The fourth-order valence-electron chi connectivity index (χ4n) is 2.98. The van der Waals surface area contributed by atoms with Gasteiger partial charge in [-0.15, -0.1) is 0 Å². The number of halogens is 1. The molecule has 3 rings (SSSR count). The van der Waals surface area contributed by atoms with Crippen molar-refractivity contribution in [3.05, 3.63) is 40.9 Å². The molecule has 3 atom stereocenters. The lowest BCUT2D eigenvalue weighted by atomic mass is 10.1. The lowest BCUT2D eigenvalue weighted by molar-refractivity contribution is 0.145. The Morgan fingerprint density at radius 1 is 1.41 bits per heavy atom. The number of nitrogens with one attached hydrogen (secondary N) is 1. The first-order valence-corrected chi connectivity index (χ1v) is 8.13. The van der Waals surface area contributed by atoms with Crippen LogP contribution in [0.1, 0.15) is 18.5 Å². The average molecular weight is 367 g/mol. The monoisotopic (exact) mass is 366 g/mol. The van der Waals surface area contributed by atoms with Crippen LogP contribution in [0.4, 0.5) is 0 Å². The minimum atomic E-state index is -0.377. The van der Waals surface area contributed by atoms with E-state index in [4.69, 9.17) is 0 Å². The Kier molecular flexibility index (Phi) is 4.75. The van der Waals surface area contributed by atoms with Crippen LogP contribution in [0, 0.1) is 5.92 Å². The lowest BCUT2D eigenvalue weighted by Crippen LogP contribution is -2.35. The molecule has 3 N–H and O–H groups in total. The van der Waals surface area contributed by atoms with E-state index in [0.717, 1.165) is 23.9 Å². The van der Waals surface area contributed by atoms with Crippen LogP contribution in [0.5, 0.6) is 5.75 Å². The van der Waals surface area contributed by atoms with Gasteiger partial charge in [-0.05, 0) is 46.8 Å². The highest BCUT2D eigenvalue weighted by Crippen LogP contribution is 2.28. The molecule has 0 aromatic carbocycles. The third-order valence-electron chi connectivity index (χ3n) is 4.08. The SMILES string of the molecule is Oc1cc(Br)cnc1CN[C@@H]1CC(Cn2cccn2)C[C@H]1O. The van der Waals surface area contributed by atoms with E-state index in [1.54, 1.807) is 18.5 Å². The van der Waals surface area contributed by atoms with Crippen molar-refractivity contribution in [1.29, 1.82) is 0 Å². The summed E-state index contributed by atoms with van der Waals surface area (Å²) in [6, 6.07) is 3.55. The van der Waals surface area contributed by atoms with Crippen LogP contribution >= 0.6 is 15.9 Å². The predicted octanol–water partition coefficient (Wildman–Crippen LogP) is 1.68. The normalized spacial score (nSPS) is 24.7. The predicted molar refractivity (Wildman–Crippen MR) is 85.2 cm³/mol. The second kappa shape index (κ2) is 6.76. The van der Waals surface area contributed by atoms with Crippen molar-refractivity contribution in [2.45, 2.75) is 38.1 Å². The number of rotatable bonds is 5. The molecule has 2 heterocycles. The van der Waals surface area contributed by atoms with Gasteiger partial charge in [-0.1, -0.05) is 0 Å². The van der Waals surface area contributed by atoms with Gasteiger partial charge in [-0.25, -0.2) is 0 Å². The van der Waals surface area contributed by atoms with Crippen LogP contribution in [0.3, 0.4) is 0 Å². The first kappa shape index (κ1) is 15.5. The highest BCUT2D eigenvalue weighted by Gasteiger charge is 2.32. The molecule has 0 spiro atoms. The molecule has 22 heavy (non-hydrogen) atoms. The number of aromatic nitrogens is 3. The molecule has 0 bridgehead atoms. The quantitative estimate of drug-likeness (QED) is 0.749. The molecule has 0 saturated heterocycles. The average Bonchev–Trinajstić information content (AvgIpc) is 3.08. The van der Waals surface area contributed by atoms with Gasteiger partial charge in [-0.3, -0.25) is 9.67 Å². The van der Waals surface area contributed by atoms with Crippen molar-refractivity contribution >= 4 is 15.9 Å². The van der Waals surface area contributed by atoms with E-state index in [1.165, 1.54) is 0 Å². The second-order valence-electron chi connectivity index (χ2n) is 5.74. The van der Waals surface area contributed by atoms with Gasteiger partial charge >= 0.3 is 0 Å². The van der Waals surface area contributed by atoms with Crippen LogP contribution in [-0.4, -0.2) is 37.1 Å². The molecule has 1 fully saturated rings. The summed E-state index contributed by atoms with van der Waals surface area (Å²) in [5.74, 6) is 0.557. The fourth-order valence-corrected chi connectivity index (χ4v) is 3.30. The largest absolute Gasteiger partial charge is 0.506 e. The Morgan fingerprint density at radius 3 is 3.00 bits per heavy atom. The van der Waals surface area contributed by atoms with E-state index in [-0.39, 0.29) is 17.9 Å². The van der Waals surface area contributed by atoms with Gasteiger partial charge in [0, 0.05) is 42.2 Å². The molecule has 118 valence electrons. The number of aliphatic hydroxyl groups excluding tert-OH is 1. The summed E-state index contributed by atoms with van der Waals surface area (Å²) in [5, 5.41) is 27.6. The lowest BCUT2D eigenvalue weighted by Gasteiger charge is -2.16. The standard InChI is InChI=1S/C15H19BrN4O2/c16-11-6-15(22)13(17-7-11)8-18-12-4-10(5-14(12)21)9-20-3-1-2-19-20/h1-3,6-7,10,12,14,18,21-22H,4-5,8-9H2/t10?,12-,14-/m1/s1. The zero-order valence-corrected chi connectivity index (χ0v) is 13.6. The smallest absolute Gasteiger partial charge is 0.139 e. The second-order valence-corrected chi connectivity index (χ2v) is 6.66. The summed E-state index contributed by atoms with van der Waals surface area (Å²) in [6.45, 7) is 1.26. The van der Waals surface area contributed by atoms with E-state index in [2.05, 4.69) is 31.3 Å². The molecule has 0 aliphatic heterocycles. The first-order chi connectivity index (χ1) is 10.6. The van der Waals surface area contributed by atoms with Gasteiger partial charge < -0.3 is 15.5 Å². The minimum Gasteiger partial charge on any atom is -0.506 e. The van der Waals surface area contributed by atoms with E-state index >= 15 is 0 Å². The van der Waals surface area contributed by atoms with E-state index in [0.29, 0.717) is 18.2 Å². The molecule has 1 aliphatic carbocycles. The Hall–Kier alpha value is -1.44. The number of aromatic hydroxyl groups is 1. The van der Waals surface area contributed by atoms with E-state index in [9.17, 15) is 10.2 Å². The van der Waals surface area contributed by atoms with Crippen LogP contribution < -0.4 is 5.32 Å². The van der Waals surface area contributed by atoms with Crippen molar-refractivity contribution in [2.24, 2.45) is 5.92 Å². The molecule has 0 amide bonds.